The summed E-state index contributed by atoms with van der Waals surface area (Å²) >= 11 is 0. The highest BCUT2D eigenvalue weighted by molar-refractivity contribution is 5.65. The van der Waals surface area contributed by atoms with Gasteiger partial charge in [0.15, 0.2) is 0 Å². The fourth-order valence-corrected chi connectivity index (χ4v) is 1.37. The van der Waals surface area contributed by atoms with Gasteiger partial charge in [0.25, 0.3) is 0 Å². The van der Waals surface area contributed by atoms with Crippen LogP contribution in [0.25, 0.3) is 0 Å². The highest BCUT2D eigenvalue weighted by Gasteiger charge is 1.97. The Morgan fingerprint density at radius 2 is 1.80 bits per heavy atom. The molecule has 0 fully saturated rings. The molecular formula is C13H18O2. The number of hydrogen-bond donors (Lipinski definition) is 0. The van der Waals surface area contributed by atoms with Crippen LogP contribution in [0.2, 0.25) is 0 Å². The van der Waals surface area contributed by atoms with E-state index in [0.29, 0.717) is 6.61 Å². The molecule has 2 heteroatoms. The molecule has 0 N–H and O–H groups in total. The minimum atomic E-state index is -0.231. The van der Waals surface area contributed by atoms with Gasteiger partial charge in [0.05, 0.1) is 0 Å². The maximum atomic E-state index is 10.6. The molecule has 0 heterocycles. The van der Waals surface area contributed by atoms with Crippen LogP contribution in [0.5, 0.6) is 0 Å². The molecule has 15 heavy (non-hydrogen) atoms. The lowest BCUT2D eigenvalue weighted by Gasteiger charge is -2.04. The molecule has 0 spiro atoms. The standard InChI is InChI=1S/C13H18O2/c1-3-4-5-12-6-8-13(9-7-12)10-15-11(2)14/h6-9H,3-5,10H2,1-2H3. The zero-order valence-corrected chi connectivity index (χ0v) is 9.45. The van der Waals surface area contributed by atoms with Crippen LogP contribution in [0.4, 0.5) is 0 Å². The quantitative estimate of drug-likeness (QED) is 0.692. The molecule has 82 valence electrons. The monoisotopic (exact) mass is 206 g/mol. The Morgan fingerprint density at radius 3 is 2.33 bits per heavy atom. The lowest BCUT2D eigenvalue weighted by Crippen LogP contribution is -1.98. The molecule has 1 rings (SSSR count). The summed E-state index contributed by atoms with van der Waals surface area (Å²) in [7, 11) is 0. The van der Waals surface area contributed by atoms with E-state index in [2.05, 4.69) is 19.1 Å². The third-order valence-electron chi connectivity index (χ3n) is 2.28. The Labute approximate surface area is 91.3 Å². The van der Waals surface area contributed by atoms with Gasteiger partial charge in [-0.25, -0.2) is 0 Å². The van der Waals surface area contributed by atoms with Crippen molar-refractivity contribution < 1.29 is 9.53 Å². The SMILES string of the molecule is CCCCc1ccc(COC(C)=O)cc1. The van der Waals surface area contributed by atoms with Crippen LogP contribution in [0, 0.1) is 0 Å². The van der Waals surface area contributed by atoms with Crippen molar-refractivity contribution in [3.05, 3.63) is 35.4 Å². The summed E-state index contributed by atoms with van der Waals surface area (Å²) in [5.74, 6) is -0.231. The maximum Gasteiger partial charge on any atom is 0.302 e. The second kappa shape index (κ2) is 6.23. The molecule has 0 aliphatic rings. The minimum Gasteiger partial charge on any atom is -0.461 e. The number of aryl methyl sites for hydroxylation is 1. The number of esters is 1. The van der Waals surface area contributed by atoms with Crippen LogP contribution in [0.15, 0.2) is 24.3 Å². The van der Waals surface area contributed by atoms with Gasteiger partial charge in [0.2, 0.25) is 0 Å². The van der Waals surface area contributed by atoms with E-state index < -0.39 is 0 Å². The van der Waals surface area contributed by atoms with E-state index in [0.717, 1.165) is 12.0 Å². The Bertz CT molecular complexity index is 301. The fraction of sp³-hybridized carbons (Fsp3) is 0.462. The van der Waals surface area contributed by atoms with E-state index in [1.807, 2.05) is 12.1 Å². The van der Waals surface area contributed by atoms with Crippen LogP contribution in [0.1, 0.15) is 37.8 Å². The van der Waals surface area contributed by atoms with E-state index in [4.69, 9.17) is 4.74 Å². The van der Waals surface area contributed by atoms with Gasteiger partial charge in [-0.2, -0.15) is 0 Å². The van der Waals surface area contributed by atoms with Gasteiger partial charge >= 0.3 is 5.97 Å². The minimum absolute atomic E-state index is 0.231. The Kier molecular flexibility index (Phi) is 4.88. The first-order chi connectivity index (χ1) is 7.22. The van der Waals surface area contributed by atoms with Crippen LogP contribution < -0.4 is 0 Å². The summed E-state index contributed by atoms with van der Waals surface area (Å²) in [6.45, 7) is 3.99. The van der Waals surface area contributed by atoms with Gasteiger partial charge in [-0.3, -0.25) is 4.79 Å². The van der Waals surface area contributed by atoms with Crippen molar-refractivity contribution >= 4 is 5.97 Å². The van der Waals surface area contributed by atoms with Gasteiger partial charge in [-0.1, -0.05) is 37.6 Å². The molecule has 0 atom stereocenters. The normalized spacial score (nSPS) is 10.0. The number of rotatable bonds is 5. The van der Waals surface area contributed by atoms with Crippen LogP contribution in [-0.4, -0.2) is 5.97 Å². The van der Waals surface area contributed by atoms with Gasteiger partial charge in [-0.05, 0) is 24.0 Å². The molecule has 1 aromatic carbocycles. The van der Waals surface area contributed by atoms with Gasteiger partial charge in [0, 0.05) is 6.92 Å². The van der Waals surface area contributed by atoms with Crippen LogP contribution in [0.3, 0.4) is 0 Å². The van der Waals surface area contributed by atoms with Gasteiger partial charge in [-0.15, -0.1) is 0 Å². The lowest BCUT2D eigenvalue weighted by molar-refractivity contribution is -0.142. The Hall–Kier alpha value is -1.31. The summed E-state index contributed by atoms with van der Waals surface area (Å²) in [6, 6.07) is 8.25. The summed E-state index contributed by atoms with van der Waals surface area (Å²) in [4.78, 5) is 10.6. The molecule has 0 aliphatic carbocycles. The number of carbonyl (C=O) groups excluding carboxylic acids is 1. The first-order valence-corrected chi connectivity index (χ1v) is 5.43. The smallest absolute Gasteiger partial charge is 0.302 e. The van der Waals surface area contributed by atoms with E-state index in [-0.39, 0.29) is 5.97 Å². The van der Waals surface area contributed by atoms with Crippen molar-refractivity contribution in [2.24, 2.45) is 0 Å². The average molecular weight is 206 g/mol. The number of carbonyl (C=O) groups is 1. The van der Waals surface area contributed by atoms with Gasteiger partial charge < -0.3 is 4.74 Å². The molecule has 0 unspecified atom stereocenters. The highest BCUT2D eigenvalue weighted by atomic mass is 16.5. The largest absolute Gasteiger partial charge is 0.461 e. The first-order valence-electron chi connectivity index (χ1n) is 5.43. The molecule has 0 aliphatic heterocycles. The fourth-order valence-electron chi connectivity index (χ4n) is 1.37. The zero-order valence-electron chi connectivity index (χ0n) is 9.45. The summed E-state index contributed by atoms with van der Waals surface area (Å²) < 4.78 is 4.91. The number of ether oxygens (including phenoxy) is 1. The Morgan fingerprint density at radius 1 is 1.20 bits per heavy atom. The zero-order chi connectivity index (χ0) is 11.1. The van der Waals surface area contributed by atoms with Crippen molar-refractivity contribution in [1.29, 1.82) is 0 Å². The van der Waals surface area contributed by atoms with E-state index in [1.54, 1.807) is 0 Å². The Balaban J connectivity index is 2.45. The average Bonchev–Trinajstić information content (AvgIpc) is 2.25. The lowest BCUT2D eigenvalue weighted by atomic mass is 10.1. The maximum absolute atomic E-state index is 10.6. The molecule has 0 saturated heterocycles. The van der Waals surface area contributed by atoms with Crippen LogP contribution in [-0.2, 0) is 22.6 Å². The predicted molar refractivity (Wildman–Crippen MR) is 60.5 cm³/mol. The number of hydrogen-bond acceptors (Lipinski definition) is 2. The molecule has 0 radical (unpaired) electrons. The highest BCUT2D eigenvalue weighted by Crippen LogP contribution is 2.08. The summed E-state index contributed by atoms with van der Waals surface area (Å²) in [6.07, 6.45) is 3.57. The van der Waals surface area contributed by atoms with Gasteiger partial charge in [0.1, 0.15) is 6.61 Å². The van der Waals surface area contributed by atoms with Crippen molar-refractivity contribution in [2.45, 2.75) is 39.7 Å². The molecule has 0 aromatic heterocycles. The van der Waals surface area contributed by atoms with E-state index >= 15 is 0 Å². The van der Waals surface area contributed by atoms with Crippen molar-refractivity contribution in [3.63, 3.8) is 0 Å². The topological polar surface area (TPSA) is 26.3 Å². The third-order valence-corrected chi connectivity index (χ3v) is 2.28. The summed E-state index contributed by atoms with van der Waals surface area (Å²) in [5, 5.41) is 0. The summed E-state index contributed by atoms with van der Waals surface area (Å²) in [5.41, 5.74) is 2.40. The van der Waals surface area contributed by atoms with Crippen molar-refractivity contribution in [1.82, 2.24) is 0 Å². The number of unbranched alkanes of at least 4 members (excludes halogenated alkanes) is 1. The van der Waals surface area contributed by atoms with E-state index in [9.17, 15) is 4.79 Å². The molecule has 2 nitrogen and oxygen atoms in total. The third kappa shape index (κ3) is 4.63. The van der Waals surface area contributed by atoms with E-state index in [1.165, 1.54) is 25.3 Å². The van der Waals surface area contributed by atoms with Crippen molar-refractivity contribution in [2.75, 3.05) is 0 Å². The molecule has 0 saturated carbocycles. The second-order valence-corrected chi connectivity index (χ2v) is 3.70. The molecular weight excluding hydrogens is 188 g/mol. The van der Waals surface area contributed by atoms with Crippen molar-refractivity contribution in [3.8, 4) is 0 Å². The van der Waals surface area contributed by atoms with Crippen LogP contribution >= 0.6 is 0 Å². The molecule has 0 amide bonds. The first kappa shape index (κ1) is 11.8. The second-order valence-electron chi connectivity index (χ2n) is 3.70. The molecule has 1 aromatic rings. The predicted octanol–water partition coefficient (Wildman–Crippen LogP) is 3.09. The molecule has 0 bridgehead atoms. The number of benzene rings is 1.